The number of anilines is 1. The lowest BCUT2D eigenvalue weighted by molar-refractivity contribution is -0.117. The minimum atomic E-state index is -0.412. The van der Waals surface area contributed by atoms with Gasteiger partial charge in [-0.1, -0.05) is 11.3 Å². The normalized spacial score (nSPS) is 10.1. The van der Waals surface area contributed by atoms with Gasteiger partial charge in [0.05, 0.1) is 0 Å². The summed E-state index contributed by atoms with van der Waals surface area (Å²) in [5, 5.41) is 12.3. The molecule has 1 rings (SSSR count). The summed E-state index contributed by atoms with van der Waals surface area (Å²) in [7, 11) is 1.48. The lowest BCUT2D eigenvalue weighted by atomic mass is 10.4. The van der Waals surface area contributed by atoms with Crippen LogP contribution in [-0.4, -0.2) is 29.1 Å². The Balaban J connectivity index is 2.44. The summed E-state index contributed by atoms with van der Waals surface area (Å²) < 4.78 is 0. The Hall–Kier alpha value is -1.76. The molecule has 0 saturated carbocycles. The number of carbonyl (C=O) groups excluding carboxylic acids is 2. The van der Waals surface area contributed by atoms with Crippen molar-refractivity contribution < 1.29 is 9.59 Å². The van der Waals surface area contributed by atoms with Crippen LogP contribution in [-0.2, 0) is 9.59 Å². The SMILES string of the molecule is CNC(=O)C=CC(=O)Nc1nncs1. The summed E-state index contributed by atoms with van der Waals surface area (Å²) >= 11 is 1.20. The zero-order valence-corrected chi connectivity index (χ0v) is 8.17. The highest BCUT2D eigenvalue weighted by Crippen LogP contribution is 2.07. The highest BCUT2D eigenvalue weighted by molar-refractivity contribution is 7.13. The van der Waals surface area contributed by atoms with Gasteiger partial charge in [-0.05, 0) is 0 Å². The topological polar surface area (TPSA) is 84.0 Å². The molecule has 1 heterocycles. The third kappa shape index (κ3) is 3.31. The third-order valence-electron chi connectivity index (χ3n) is 1.22. The monoisotopic (exact) mass is 212 g/mol. The van der Waals surface area contributed by atoms with E-state index in [0.717, 1.165) is 12.2 Å². The predicted molar refractivity (Wildman–Crippen MR) is 51.7 cm³/mol. The van der Waals surface area contributed by atoms with Gasteiger partial charge in [0.15, 0.2) is 0 Å². The van der Waals surface area contributed by atoms with Gasteiger partial charge in [-0.15, -0.1) is 10.2 Å². The molecule has 74 valence electrons. The van der Waals surface area contributed by atoms with Crippen LogP contribution in [0.5, 0.6) is 0 Å². The number of amides is 2. The summed E-state index contributed by atoms with van der Waals surface area (Å²) in [6.07, 6.45) is 2.26. The van der Waals surface area contributed by atoms with Crippen molar-refractivity contribution in [1.29, 1.82) is 0 Å². The minimum Gasteiger partial charge on any atom is -0.356 e. The fraction of sp³-hybridized carbons (Fsp3) is 0.143. The van der Waals surface area contributed by atoms with Gasteiger partial charge in [0.1, 0.15) is 5.51 Å². The zero-order valence-electron chi connectivity index (χ0n) is 7.35. The summed E-state index contributed by atoms with van der Waals surface area (Å²) in [4.78, 5) is 21.8. The molecule has 7 heteroatoms. The number of hydrogen-bond donors (Lipinski definition) is 2. The first-order valence-corrected chi connectivity index (χ1v) is 4.57. The van der Waals surface area contributed by atoms with Crippen LogP contribution in [0.3, 0.4) is 0 Å². The Bertz CT molecular complexity index is 347. The van der Waals surface area contributed by atoms with Crippen molar-refractivity contribution in [3.63, 3.8) is 0 Å². The second-order valence-electron chi connectivity index (χ2n) is 2.18. The second-order valence-corrected chi connectivity index (χ2v) is 3.01. The van der Waals surface area contributed by atoms with Gasteiger partial charge in [-0.3, -0.25) is 14.9 Å². The second kappa shape index (κ2) is 5.07. The van der Waals surface area contributed by atoms with Crippen molar-refractivity contribution in [3.8, 4) is 0 Å². The average molecular weight is 212 g/mol. The molecule has 0 saturated heterocycles. The Morgan fingerprint density at radius 3 is 2.71 bits per heavy atom. The van der Waals surface area contributed by atoms with Crippen molar-refractivity contribution in [2.24, 2.45) is 0 Å². The molecule has 0 aliphatic carbocycles. The highest BCUT2D eigenvalue weighted by Gasteiger charge is 2.00. The molecule has 2 amide bonds. The molecular weight excluding hydrogens is 204 g/mol. The largest absolute Gasteiger partial charge is 0.356 e. The number of rotatable bonds is 3. The first-order valence-electron chi connectivity index (χ1n) is 3.69. The van der Waals surface area contributed by atoms with Crippen molar-refractivity contribution in [2.45, 2.75) is 0 Å². The highest BCUT2D eigenvalue weighted by atomic mass is 32.1. The third-order valence-corrected chi connectivity index (χ3v) is 1.83. The molecule has 0 atom stereocenters. The fourth-order valence-electron chi connectivity index (χ4n) is 0.609. The van der Waals surface area contributed by atoms with Crippen molar-refractivity contribution in [2.75, 3.05) is 12.4 Å². The van der Waals surface area contributed by atoms with E-state index in [-0.39, 0.29) is 5.91 Å². The molecule has 0 bridgehead atoms. The molecule has 0 aliphatic rings. The molecule has 0 aliphatic heterocycles. The van der Waals surface area contributed by atoms with E-state index in [1.165, 1.54) is 23.9 Å². The van der Waals surface area contributed by atoms with Gasteiger partial charge >= 0.3 is 0 Å². The van der Waals surface area contributed by atoms with Gasteiger partial charge in [-0.2, -0.15) is 0 Å². The molecule has 0 unspecified atom stereocenters. The summed E-state index contributed by atoms with van der Waals surface area (Å²) in [6, 6.07) is 0. The summed E-state index contributed by atoms with van der Waals surface area (Å²) in [5.41, 5.74) is 1.50. The lowest BCUT2D eigenvalue weighted by Crippen LogP contribution is -2.16. The maximum atomic E-state index is 11.1. The van der Waals surface area contributed by atoms with Crippen LogP contribution < -0.4 is 10.6 Å². The quantitative estimate of drug-likeness (QED) is 0.678. The van der Waals surface area contributed by atoms with Crippen LogP contribution in [0.1, 0.15) is 0 Å². The molecular formula is C7H8N4O2S. The molecule has 0 radical (unpaired) electrons. The lowest BCUT2D eigenvalue weighted by Gasteiger charge is -1.93. The van der Waals surface area contributed by atoms with Gasteiger partial charge in [-0.25, -0.2) is 0 Å². The number of aromatic nitrogens is 2. The van der Waals surface area contributed by atoms with Crippen molar-refractivity contribution in [1.82, 2.24) is 15.5 Å². The molecule has 2 N–H and O–H groups in total. The van der Waals surface area contributed by atoms with Crippen LogP contribution in [0, 0.1) is 0 Å². The van der Waals surface area contributed by atoms with E-state index in [9.17, 15) is 9.59 Å². The number of nitrogens with one attached hydrogen (secondary N) is 2. The van der Waals surface area contributed by atoms with Crippen LogP contribution in [0.25, 0.3) is 0 Å². The van der Waals surface area contributed by atoms with Crippen LogP contribution in [0.2, 0.25) is 0 Å². The molecule has 14 heavy (non-hydrogen) atoms. The van der Waals surface area contributed by atoms with E-state index in [0.29, 0.717) is 5.13 Å². The van der Waals surface area contributed by atoms with Gasteiger partial charge in [0.2, 0.25) is 16.9 Å². The molecule has 1 aromatic rings. The summed E-state index contributed by atoms with van der Waals surface area (Å²) in [6.45, 7) is 0. The van der Waals surface area contributed by atoms with Gasteiger partial charge < -0.3 is 5.32 Å². The molecule has 0 spiro atoms. The van der Waals surface area contributed by atoms with Crippen LogP contribution in [0.15, 0.2) is 17.7 Å². The molecule has 0 fully saturated rings. The molecule has 0 aromatic carbocycles. The van der Waals surface area contributed by atoms with Gasteiger partial charge in [0, 0.05) is 19.2 Å². The first-order chi connectivity index (χ1) is 6.72. The van der Waals surface area contributed by atoms with E-state index in [4.69, 9.17) is 0 Å². The predicted octanol–water partition coefficient (Wildman–Crippen LogP) is -0.221. The summed E-state index contributed by atoms with van der Waals surface area (Å²) in [5.74, 6) is -0.747. The minimum absolute atomic E-state index is 0.336. The van der Waals surface area contributed by atoms with E-state index in [2.05, 4.69) is 20.8 Å². The average Bonchev–Trinajstić information content (AvgIpc) is 2.66. The Morgan fingerprint density at radius 1 is 1.43 bits per heavy atom. The Labute approximate surface area is 84.0 Å². The fourth-order valence-corrected chi connectivity index (χ4v) is 1.06. The maximum Gasteiger partial charge on any atom is 0.250 e. The van der Waals surface area contributed by atoms with E-state index >= 15 is 0 Å². The van der Waals surface area contributed by atoms with Crippen LogP contribution in [0.4, 0.5) is 5.13 Å². The zero-order chi connectivity index (χ0) is 10.4. The number of hydrogen-bond acceptors (Lipinski definition) is 5. The van der Waals surface area contributed by atoms with Crippen LogP contribution >= 0.6 is 11.3 Å². The first kappa shape index (κ1) is 10.3. The number of nitrogens with zero attached hydrogens (tertiary/aromatic N) is 2. The van der Waals surface area contributed by atoms with E-state index < -0.39 is 5.91 Å². The van der Waals surface area contributed by atoms with Crippen molar-refractivity contribution >= 4 is 28.3 Å². The Morgan fingerprint density at radius 2 is 2.14 bits per heavy atom. The van der Waals surface area contributed by atoms with E-state index in [1.54, 1.807) is 0 Å². The molecule has 6 nitrogen and oxygen atoms in total. The Kier molecular flexibility index (Phi) is 3.74. The van der Waals surface area contributed by atoms with Gasteiger partial charge in [0.25, 0.3) is 0 Å². The molecule has 1 aromatic heterocycles. The number of likely N-dealkylation sites (N-methyl/N-ethyl adjacent to an activating group) is 1. The standard InChI is InChI=1S/C7H8N4O2S/c1-8-5(12)2-3-6(13)10-7-11-9-4-14-7/h2-4H,1H3,(H,8,12)(H,10,11,13). The smallest absolute Gasteiger partial charge is 0.250 e. The maximum absolute atomic E-state index is 11.1. The van der Waals surface area contributed by atoms with Crippen molar-refractivity contribution in [3.05, 3.63) is 17.7 Å². The number of carbonyl (C=O) groups is 2. The van der Waals surface area contributed by atoms with E-state index in [1.807, 2.05) is 0 Å².